The van der Waals surface area contributed by atoms with Gasteiger partial charge in [-0.3, -0.25) is 0 Å². The first-order chi connectivity index (χ1) is 29.0. The molecule has 8 aromatic rings. The smallest absolute Gasteiger partial charge is 0.0465 e. The SMILES string of the molecule is Cc1ccc(N(c2ccc(C(C)c3ccc(N(c4ccc(C)cc4)c4ccc5c(c4)C(C)(C)c4ccccc4-5)cc3)cc2)c2ccc3c(c2)C(C)(C)c2ccccc2-3)cc1. The van der Waals surface area contributed by atoms with E-state index in [0.29, 0.717) is 0 Å². The molecule has 0 atom stereocenters. The standard InChI is InChI=1S/C58H52N2/c1-38-16-24-43(25-17-38)59(47-32-34-51-49-12-8-10-14-53(49)57(4,5)55(51)36-47)45-28-20-41(21-29-45)40(3)42-22-30-46(31-23-42)60(44-26-18-39(2)19-27-44)48-33-35-52-50-13-9-11-15-54(50)58(6,7)56(52)37-48/h8-37,40H,1-7H3. The van der Waals surface area contributed by atoms with Gasteiger partial charge in [0.1, 0.15) is 0 Å². The van der Waals surface area contributed by atoms with Crippen LogP contribution < -0.4 is 9.80 Å². The van der Waals surface area contributed by atoms with Crippen molar-refractivity contribution >= 4 is 34.1 Å². The summed E-state index contributed by atoms with van der Waals surface area (Å²) in [6, 6.07) is 68.0. The van der Waals surface area contributed by atoms with E-state index in [-0.39, 0.29) is 16.7 Å². The zero-order valence-electron chi connectivity index (χ0n) is 35.8. The van der Waals surface area contributed by atoms with E-state index in [1.54, 1.807) is 0 Å². The molecular weight excluding hydrogens is 725 g/mol. The molecule has 0 saturated heterocycles. The van der Waals surface area contributed by atoms with Gasteiger partial charge in [0, 0.05) is 50.9 Å². The van der Waals surface area contributed by atoms with Crippen LogP contribution in [-0.2, 0) is 10.8 Å². The molecule has 0 aromatic heterocycles. The lowest BCUT2D eigenvalue weighted by molar-refractivity contribution is 0.660. The zero-order chi connectivity index (χ0) is 41.3. The summed E-state index contributed by atoms with van der Waals surface area (Å²) >= 11 is 0. The van der Waals surface area contributed by atoms with Crippen LogP contribution in [0.1, 0.15) is 85.0 Å². The monoisotopic (exact) mass is 776 g/mol. The number of anilines is 6. The Morgan fingerprint density at radius 1 is 0.333 bits per heavy atom. The lowest BCUT2D eigenvalue weighted by Crippen LogP contribution is -2.16. The highest BCUT2D eigenvalue weighted by atomic mass is 15.1. The third-order valence-electron chi connectivity index (χ3n) is 13.5. The fraction of sp³-hybridized carbons (Fsp3) is 0.172. The molecule has 0 amide bonds. The zero-order valence-corrected chi connectivity index (χ0v) is 35.8. The molecule has 0 radical (unpaired) electrons. The van der Waals surface area contributed by atoms with Crippen molar-refractivity contribution in [3.05, 3.63) is 226 Å². The second-order valence-corrected chi connectivity index (χ2v) is 18.0. The van der Waals surface area contributed by atoms with Gasteiger partial charge < -0.3 is 9.80 Å². The van der Waals surface area contributed by atoms with Crippen LogP contribution in [0, 0.1) is 13.8 Å². The molecule has 0 spiro atoms. The normalized spacial score (nSPS) is 14.0. The highest BCUT2D eigenvalue weighted by molar-refractivity contribution is 5.87. The summed E-state index contributed by atoms with van der Waals surface area (Å²) in [7, 11) is 0. The van der Waals surface area contributed by atoms with E-state index in [4.69, 9.17) is 0 Å². The molecule has 0 saturated carbocycles. The van der Waals surface area contributed by atoms with Crippen molar-refractivity contribution < 1.29 is 0 Å². The van der Waals surface area contributed by atoms with Gasteiger partial charge in [-0.15, -0.1) is 0 Å². The number of fused-ring (bicyclic) bond motifs is 6. The van der Waals surface area contributed by atoms with Gasteiger partial charge in [-0.25, -0.2) is 0 Å². The Morgan fingerprint density at radius 2 is 0.633 bits per heavy atom. The summed E-state index contributed by atoms with van der Waals surface area (Å²) in [4.78, 5) is 4.81. The van der Waals surface area contributed by atoms with Gasteiger partial charge in [-0.05, 0) is 142 Å². The Kier molecular flexibility index (Phi) is 8.95. The molecule has 2 nitrogen and oxygen atoms in total. The quantitative estimate of drug-likeness (QED) is 0.152. The van der Waals surface area contributed by atoms with E-state index < -0.39 is 0 Å². The topological polar surface area (TPSA) is 6.48 Å². The van der Waals surface area contributed by atoms with E-state index >= 15 is 0 Å². The molecule has 0 fully saturated rings. The number of aryl methyl sites for hydroxylation is 2. The second kappa shape index (κ2) is 14.3. The van der Waals surface area contributed by atoms with Crippen molar-refractivity contribution in [1.29, 1.82) is 0 Å². The minimum Gasteiger partial charge on any atom is -0.310 e. The maximum absolute atomic E-state index is 2.41. The summed E-state index contributed by atoms with van der Waals surface area (Å²) in [5.74, 6) is 0.215. The highest BCUT2D eigenvalue weighted by Gasteiger charge is 2.37. The molecule has 0 aliphatic heterocycles. The third-order valence-corrected chi connectivity index (χ3v) is 13.5. The molecule has 2 aliphatic rings. The molecule has 10 rings (SSSR count). The molecular formula is C58H52N2. The van der Waals surface area contributed by atoms with Gasteiger partial charge in [0.2, 0.25) is 0 Å². The Bertz CT molecular complexity index is 2680. The van der Waals surface area contributed by atoms with E-state index in [2.05, 4.69) is 240 Å². The van der Waals surface area contributed by atoms with Crippen LogP contribution in [0.2, 0.25) is 0 Å². The molecule has 60 heavy (non-hydrogen) atoms. The third kappa shape index (κ3) is 6.16. The highest BCUT2D eigenvalue weighted by Crippen LogP contribution is 2.52. The first-order valence-electron chi connectivity index (χ1n) is 21.4. The van der Waals surface area contributed by atoms with Crippen molar-refractivity contribution in [2.24, 2.45) is 0 Å². The molecule has 2 aliphatic carbocycles. The predicted octanol–water partition coefficient (Wildman–Crippen LogP) is 16.0. The van der Waals surface area contributed by atoms with Crippen LogP contribution in [0.5, 0.6) is 0 Å². The minimum absolute atomic E-state index is 0.0719. The van der Waals surface area contributed by atoms with Crippen LogP contribution in [0.25, 0.3) is 22.3 Å². The summed E-state index contributed by atoms with van der Waals surface area (Å²) in [5, 5.41) is 0. The largest absolute Gasteiger partial charge is 0.310 e. The van der Waals surface area contributed by atoms with Crippen LogP contribution in [0.15, 0.2) is 182 Å². The molecule has 0 unspecified atom stereocenters. The predicted molar refractivity (Wildman–Crippen MR) is 254 cm³/mol. The van der Waals surface area contributed by atoms with Gasteiger partial charge in [-0.2, -0.15) is 0 Å². The molecule has 8 aromatic carbocycles. The fourth-order valence-electron chi connectivity index (χ4n) is 9.96. The van der Waals surface area contributed by atoms with Crippen LogP contribution in [-0.4, -0.2) is 0 Å². The van der Waals surface area contributed by atoms with Crippen LogP contribution in [0.3, 0.4) is 0 Å². The van der Waals surface area contributed by atoms with Gasteiger partial charge in [0.25, 0.3) is 0 Å². The Morgan fingerprint density at radius 3 is 1.00 bits per heavy atom. The average molecular weight is 777 g/mol. The lowest BCUT2D eigenvalue weighted by Gasteiger charge is -2.29. The van der Waals surface area contributed by atoms with Gasteiger partial charge in [-0.1, -0.05) is 155 Å². The summed E-state index contributed by atoms with van der Waals surface area (Å²) < 4.78 is 0. The Hall–Kier alpha value is -6.64. The fourth-order valence-corrected chi connectivity index (χ4v) is 9.96. The molecule has 0 bridgehead atoms. The first kappa shape index (κ1) is 37.6. The number of hydrogen-bond donors (Lipinski definition) is 0. The maximum Gasteiger partial charge on any atom is 0.0465 e. The molecule has 294 valence electrons. The number of nitrogens with zero attached hydrogens (tertiary/aromatic N) is 2. The maximum atomic E-state index is 2.41. The Balaban J connectivity index is 0.964. The van der Waals surface area contributed by atoms with Crippen molar-refractivity contribution in [2.75, 3.05) is 9.80 Å². The first-order valence-corrected chi connectivity index (χ1v) is 21.4. The van der Waals surface area contributed by atoms with Gasteiger partial charge in [0.05, 0.1) is 0 Å². The van der Waals surface area contributed by atoms with E-state index in [0.717, 1.165) is 22.7 Å². The average Bonchev–Trinajstić information content (AvgIpc) is 3.64. The Labute approximate surface area is 356 Å². The van der Waals surface area contributed by atoms with Gasteiger partial charge in [0.15, 0.2) is 0 Å². The van der Waals surface area contributed by atoms with Crippen molar-refractivity contribution in [3.63, 3.8) is 0 Å². The summed E-state index contributed by atoms with van der Waals surface area (Å²) in [5.41, 5.74) is 22.8. The molecule has 0 heterocycles. The number of benzene rings is 8. The lowest BCUT2D eigenvalue weighted by atomic mass is 9.82. The number of hydrogen-bond acceptors (Lipinski definition) is 2. The van der Waals surface area contributed by atoms with Gasteiger partial charge >= 0.3 is 0 Å². The van der Waals surface area contributed by atoms with E-state index in [1.807, 2.05) is 0 Å². The van der Waals surface area contributed by atoms with Crippen molar-refractivity contribution in [3.8, 4) is 22.3 Å². The van der Waals surface area contributed by atoms with Crippen molar-refractivity contribution in [1.82, 2.24) is 0 Å². The molecule has 2 heteroatoms. The minimum atomic E-state index is -0.0719. The summed E-state index contributed by atoms with van der Waals surface area (Å²) in [6.45, 7) is 16.0. The van der Waals surface area contributed by atoms with Crippen LogP contribution >= 0.6 is 0 Å². The van der Waals surface area contributed by atoms with E-state index in [1.165, 1.54) is 78.1 Å². The van der Waals surface area contributed by atoms with Crippen molar-refractivity contribution in [2.45, 2.75) is 65.2 Å². The summed E-state index contributed by atoms with van der Waals surface area (Å²) in [6.07, 6.45) is 0. The van der Waals surface area contributed by atoms with Crippen LogP contribution in [0.4, 0.5) is 34.1 Å². The molecule has 0 N–H and O–H groups in total. The second-order valence-electron chi connectivity index (χ2n) is 18.0. The number of rotatable bonds is 8. The van der Waals surface area contributed by atoms with E-state index in [9.17, 15) is 0 Å².